The van der Waals surface area contributed by atoms with Crippen molar-refractivity contribution in [1.82, 2.24) is 0 Å². The van der Waals surface area contributed by atoms with Gasteiger partial charge in [0, 0.05) is 12.3 Å². The summed E-state index contributed by atoms with van der Waals surface area (Å²) in [6.45, 7) is 11.2. The molecule has 0 aliphatic rings. The standard InChI is InChI=1S/C25H35NO3/c1-6-8-14-25(5,29-15-7-2)24(27)26-22-16-19(3)23(20(4)17-22)28-18-21-12-10-9-11-13-21/h9-13,16-17H,6-8,14-15,18H2,1-5H3,(H,26,27)/t25-/m0/s1. The van der Waals surface area contributed by atoms with Gasteiger partial charge in [-0.1, -0.05) is 57.0 Å². The van der Waals surface area contributed by atoms with Crippen molar-refractivity contribution in [2.75, 3.05) is 11.9 Å². The number of ether oxygens (including phenoxy) is 2. The van der Waals surface area contributed by atoms with E-state index in [1.807, 2.05) is 63.2 Å². The van der Waals surface area contributed by atoms with Gasteiger partial charge in [0.1, 0.15) is 18.0 Å². The second kappa shape index (κ2) is 11.0. The van der Waals surface area contributed by atoms with E-state index < -0.39 is 5.60 Å². The Morgan fingerprint density at radius 1 is 1.03 bits per heavy atom. The molecule has 0 saturated carbocycles. The first kappa shape index (κ1) is 23.0. The molecule has 158 valence electrons. The summed E-state index contributed by atoms with van der Waals surface area (Å²) in [4.78, 5) is 13.0. The van der Waals surface area contributed by atoms with E-state index in [-0.39, 0.29) is 5.91 Å². The molecule has 0 heterocycles. The van der Waals surface area contributed by atoms with Crippen molar-refractivity contribution in [1.29, 1.82) is 0 Å². The Hall–Kier alpha value is -2.33. The van der Waals surface area contributed by atoms with Gasteiger partial charge in [0.05, 0.1) is 0 Å². The molecule has 0 unspecified atom stereocenters. The monoisotopic (exact) mass is 397 g/mol. The zero-order valence-electron chi connectivity index (χ0n) is 18.5. The van der Waals surface area contributed by atoms with Gasteiger partial charge >= 0.3 is 0 Å². The van der Waals surface area contributed by atoms with Crippen LogP contribution in [0.1, 0.15) is 63.1 Å². The predicted molar refractivity (Wildman–Crippen MR) is 119 cm³/mol. The molecule has 0 fully saturated rings. The fourth-order valence-electron chi connectivity index (χ4n) is 3.34. The third kappa shape index (κ3) is 6.60. The van der Waals surface area contributed by atoms with E-state index in [9.17, 15) is 4.79 Å². The van der Waals surface area contributed by atoms with Gasteiger partial charge in [0.25, 0.3) is 5.91 Å². The zero-order valence-corrected chi connectivity index (χ0v) is 18.5. The second-order valence-corrected chi connectivity index (χ2v) is 7.85. The number of benzene rings is 2. The highest BCUT2D eigenvalue weighted by Crippen LogP contribution is 2.29. The largest absolute Gasteiger partial charge is 0.488 e. The number of carbonyl (C=O) groups excluding carboxylic acids is 1. The molecular weight excluding hydrogens is 362 g/mol. The van der Waals surface area contributed by atoms with Crippen molar-refractivity contribution >= 4 is 11.6 Å². The lowest BCUT2D eigenvalue weighted by molar-refractivity contribution is -0.140. The summed E-state index contributed by atoms with van der Waals surface area (Å²) in [7, 11) is 0. The van der Waals surface area contributed by atoms with E-state index in [0.717, 1.165) is 47.4 Å². The Morgan fingerprint density at radius 2 is 1.69 bits per heavy atom. The van der Waals surface area contributed by atoms with Crippen molar-refractivity contribution in [3.05, 3.63) is 59.2 Å². The predicted octanol–water partition coefficient (Wildman–Crippen LogP) is 6.20. The lowest BCUT2D eigenvalue weighted by atomic mass is 9.97. The van der Waals surface area contributed by atoms with Crippen molar-refractivity contribution in [2.24, 2.45) is 0 Å². The lowest BCUT2D eigenvalue weighted by Gasteiger charge is -2.29. The molecule has 0 aliphatic heterocycles. The average molecular weight is 398 g/mol. The Kier molecular flexibility index (Phi) is 8.71. The fourth-order valence-corrected chi connectivity index (χ4v) is 3.34. The molecule has 0 spiro atoms. The van der Waals surface area contributed by atoms with E-state index >= 15 is 0 Å². The Bertz CT molecular complexity index is 755. The van der Waals surface area contributed by atoms with Crippen molar-refractivity contribution in [3.8, 4) is 5.75 Å². The van der Waals surface area contributed by atoms with Crippen molar-refractivity contribution in [3.63, 3.8) is 0 Å². The molecule has 4 heteroatoms. The number of hydrogen-bond donors (Lipinski definition) is 1. The Balaban J connectivity index is 2.10. The third-order valence-corrected chi connectivity index (χ3v) is 5.06. The van der Waals surface area contributed by atoms with Crippen LogP contribution in [0.5, 0.6) is 5.75 Å². The molecule has 1 amide bonds. The van der Waals surface area contributed by atoms with Crippen molar-refractivity contribution < 1.29 is 14.3 Å². The molecular formula is C25H35NO3. The molecule has 0 radical (unpaired) electrons. The SMILES string of the molecule is CCCC[C@](C)(OCCC)C(=O)Nc1cc(C)c(OCc2ccccc2)c(C)c1. The van der Waals surface area contributed by atoms with Gasteiger partial charge < -0.3 is 14.8 Å². The minimum Gasteiger partial charge on any atom is -0.488 e. The summed E-state index contributed by atoms with van der Waals surface area (Å²) in [6, 6.07) is 14.0. The smallest absolute Gasteiger partial charge is 0.256 e. The van der Waals surface area contributed by atoms with Crippen LogP contribution in [0.4, 0.5) is 5.69 Å². The summed E-state index contributed by atoms with van der Waals surface area (Å²) in [5.74, 6) is 0.777. The summed E-state index contributed by atoms with van der Waals surface area (Å²) in [6.07, 6.45) is 3.59. The van der Waals surface area contributed by atoms with Gasteiger partial charge in [-0.3, -0.25) is 4.79 Å². The maximum absolute atomic E-state index is 13.0. The number of hydrogen-bond acceptors (Lipinski definition) is 3. The summed E-state index contributed by atoms with van der Waals surface area (Å²) < 4.78 is 12.0. The average Bonchev–Trinajstić information content (AvgIpc) is 2.70. The molecule has 0 saturated heterocycles. The first-order valence-corrected chi connectivity index (χ1v) is 10.6. The van der Waals surface area contributed by atoms with Gasteiger partial charge in [0.2, 0.25) is 0 Å². The van der Waals surface area contributed by atoms with Crippen LogP contribution in [0.25, 0.3) is 0 Å². The molecule has 29 heavy (non-hydrogen) atoms. The molecule has 2 rings (SSSR count). The van der Waals surface area contributed by atoms with Gasteiger partial charge in [-0.15, -0.1) is 0 Å². The van der Waals surface area contributed by atoms with E-state index in [1.165, 1.54) is 0 Å². The topological polar surface area (TPSA) is 47.6 Å². The van der Waals surface area contributed by atoms with Crippen LogP contribution < -0.4 is 10.1 Å². The van der Waals surface area contributed by atoms with E-state index in [0.29, 0.717) is 19.6 Å². The number of rotatable bonds is 11. The van der Waals surface area contributed by atoms with Crippen LogP contribution in [0.2, 0.25) is 0 Å². The van der Waals surface area contributed by atoms with E-state index in [2.05, 4.69) is 19.2 Å². The molecule has 4 nitrogen and oxygen atoms in total. The third-order valence-electron chi connectivity index (χ3n) is 5.06. The minimum atomic E-state index is -0.809. The highest BCUT2D eigenvalue weighted by molar-refractivity contribution is 5.97. The zero-order chi connectivity index (χ0) is 21.3. The Morgan fingerprint density at radius 3 is 2.28 bits per heavy atom. The maximum atomic E-state index is 13.0. The van der Waals surface area contributed by atoms with Gasteiger partial charge in [-0.25, -0.2) is 0 Å². The quantitative estimate of drug-likeness (QED) is 0.491. The van der Waals surface area contributed by atoms with E-state index in [4.69, 9.17) is 9.47 Å². The normalized spacial score (nSPS) is 13.0. The summed E-state index contributed by atoms with van der Waals surface area (Å²) in [5, 5.41) is 3.06. The number of carbonyl (C=O) groups is 1. The van der Waals surface area contributed by atoms with Crippen LogP contribution in [-0.4, -0.2) is 18.1 Å². The summed E-state index contributed by atoms with van der Waals surface area (Å²) in [5.41, 5.74) is 3.10. The highest BCUT2D eigenvalue weighted by Gasteiger charge is 2.33. The number of aryl methyl sites for hydroxylation is 2. The maximum Gasteiger partial charge on any atom is 0.256 e. The highest BCUT2D eigenvalue weighted by atomic mass is 16.5. The minimum absolute atomic E-state index is 0.0869. The van der Waals surface area contributed by atoms with Gasteiger partial charge in [0.15, 0.2) is 0 Å². The Labute approximate surface area is 175 Å². The molecule has 2 aromatic carbocycles. The van der Waals surface area contributed by atoms with Crippen molar-refractivity contribution in [2.45, 2.75) is 72.5 Å². The molecule has 0 aliphatic carbocycles. The molecule has 2 aromatic rings. The molecule has 1 N–H and O–H groups in total. The van der Waals surface area contributed by atoms with Gasteiger partial charge in [-0.05, 0) is 62.4 Å². The fraction of sp³-hybridized carbons (Fsp3) is 0.480. The first-order valence-electron chi connectivity index (χ1n) is 10.6. The lowest BCUT2D eigenvalue weighted by Crippen LogP contribution is -2.43. The van der Waals surface area contributed by atoms with Crippen LogP contribution in [-0.2, 0) is 16.1 Å². The molecule has 0 aromatic heterocycles. The summed E-state index contributed by atoms with van der Waals surface area (Å²) >= 11 is 0. The second-order valence-electron chi connectivity index (χ2n) is 7.85. The van der Waals surface area contributed by atoms with Crippen LogP contribution in [0.3, 0.4) is 0 Å². The number of amides is 1. The first-order chi connectivity index (χ1) is 13.9. The number of unbranched alkanes of at least 4 members (excludes halogenated alkanes) is 1. The number of anilines is 1. The van der Waals surface area contributed by atoms with E-state index in [1.54, 1.807) is 0 Å². The van der Waals surface area contributed by atoms with Gasteiger partial charge in [-0.2, -0.15) is 0 Å². The number of nitrogens with one attached hydrogen (secondary N) is 1. The van der Waals surface area contributed by atoms with Crippen LogP contribution in [0, 0.1) is 13.8 Å². The van der Waals surface area contributed by atoms with Crippen LogP contribution in [0.15, 0.2) is 42.5 Å². The molecule has 1 atom stereocenters. The van der Waals surface area contributed by atoms with Crippen LogP contribution >= 0.6 is 0 Å². The molecule has 0 bridgehead atoms.